The summed E-state index contributed by atoms with van der Waals surface area (Å²) in [6.07, 6.45) is 4.65. The first kappa shape index (κ1) is 19.4. The molecular weight excluding hydrogens is 373 g/mol. The van der Waals surface area contributed by atoms with E-state index < -0.39 is 0 Å². The third kappa shape index (κ3) is 3.55. The van der Waals surface area contributed by atoms with Gasteiger partial charge in [-0.25, -0.2) is 9.38 Å². The Kier molecular flexibility index (Phi) is 5.69. The molecule has 0 radical (unpaired) electrons. The highest BCUT2D eigenvalue weighted by Crippen LogP contribution is 2.47. The van der Waals surface area contributed by atoms with Crippen LogP contribution in [0, 0.1) is 5.82 Å². The van der Waals surface area contributed by atoms with E-state index in [2.05, 4.69) is 16.8 Å². The van der Waals surface area contributed by atoms with Crippen molar-refractivity contribution in [1.29, 1.82) is 0 Å². The molecule has 1 saturated heterocycles. The van der Waals surface area contributed by atoms with Crippen LogP contribution >= 0.6 is 11.3 Å². The Balaban J connectivity index is 0.000000932. The molecule has 3 aliphatic rings. The van der Waals surface area contributed by atoms with Crippen molar-refractivity contribution in [2.45, 2.75) is 39.5 Å². The van der Waals surface area contributed by atoms with Gasteiger partial charge in [0.25, 0.3) is 0 Å². The lowest BCUT2D eigenvalue weighted by Gasteiger charge is -2.34. The third-order valence-electron chi connectivity index (χ3n) is 5.52. The fourth-order valence-electron chi connectivity index (χ4n) is 4.02. The molecule has 2 aliphatic heterocycles. The second-order valence-electron chi connectivity index (χ2n) is 7.31. The first-order valence-electron chi connectivity index (χ1n) is 10.3. The molecule has 2 aromatic rings. The van der Waals surface area contributed by atoms with E-state index in [1.165, 1.54) is 35.4 Å². The summed E-state index contributed by atoms with van der Waals surface area (Å²) in [5.41, 5.74) is 3.28. The lowest BCUT2D eigenvalue weighted by Crippen LogP contribution is -2.47. The van der Waals surface area contributed by atoms with Crippen LogP contribution in [0.15, 0.2) is 23.2 Å². The van der Waals surface area contributed by atoms with Crippen LogP contribution in [-0.4, -0.2) is 48.9 Å². The molecule has 1 aromatic carbocycles. The molecule has 0 saturated carbocycles. The highest BCUT2D eigenvalue weighted by Gasteiger charge is 2.32. The van der Waals surface area contributed by atoms with Crippen LogP contribution in [0.1, 0.15) is 42.7 Å². The Morgan fingerprint density at radius 3 is 2.61 bits per heavy atom. The highest BCUT2D eigenvalue weighted by atomic mass is 32.1. The molecule has 3 heterocycles. The van der Waals surface area contributed by atoms with Crippen LogP contribution < -0.4 is 4.74 Å². The smallest absolute Gasteiger partial charge is 0.192 e. The van der Waals surface area contributed by atoms with Crippen LogP contribution in [0.2, 0.25) is 0 Å². The number of aliphatic imine (C=N–C) groups is 1. The summed E-state index contributed by atoms with van der Waals surface area (Å²) in [7, 11) is 2.16. The van der Waals surface area contributed by atoms with Gasteiger partial charge in [-0.15, -0.1) is 11.3 Å². The van der Waals surface area contributed by atoms with Crippen molar-refractivity contribution in [3.63, 3.8) is 0 Å². The Bertz CT molecular complexity index is 884. The Labute approximate surface area is 170 Å². The summed E-state index contributed by atoms with van der Waals surface area (Å²) in [5, 5.41) is 0.888. The lowest BCUT2D eigenvalue weighted by atomic mass is 9.95. The van der Waals surface area contributed by atoms with Gasteiger partial charge in [0.15, 0.2) is 10.8 Å². The summed E-state index contributed by atoms with van der Waals surface area (Å²) in [4.78, 5) is 11.1. The second kappa shape index (κ2) is 8.21. The van der Waals surface area contributed by atoms with Crippen LogP contribution in [-0.2, 0) is 12.8 Å². The minimum absolute atomic E-state index is 0.287. The number of ether oxygens (including phenoxy) is 1. The van der Waals surface area contributed by atoms with E-state index in [4.69, 9.17) is 9.73 Å². The molecule has 0 spiro atoms. The fourth-order valence-corrected chi connectivity index (χ4v) is 5.26. The maximum Gasteiger partial charge on any atom is 0.192 e. The van der Waals surface area contributed by atoms with Crippen molar-refractivity contribution in [2.75, 3.05) is 33.2 Å². The normalized spacial score (nSPS) is 18.6. The van der Waals surface area contributed by atoms with Crippen LogP contribution in [0.4, 0.5) is 10.1 Å². The summed E-state index contributed by atoms with van der Waals surface area (Å²) in [5.74, 6) is 1.25. The van der Waals surface area contributed by atoms with Crippen LogP contribution in [0.25, 0.3) is 0 Å². The minimum atomic E-state index is -0.287. The van der Waals surface area contributed by atoms with Crippen LogP contribution in [0.5, 0.6) is 10.8 Å². The van der Waals surface area contributed by atoms with Crippen LogP contribution in [0.3, 0.4) is 0 Å². The number of aryl methyl sites for hydroxylation is 1. The zero-order valence-corrected chi connectivity index (χ0v) is 17.7. The molecule has 6 heteroatoms. The summed E-state index contributed by atoms with van der Waals surface area (Å²) >= 11 is 1.73. The third-order valence-corrected chi connectivity index (χ3v) is 6.69. The van der Waals surface area contributed by atoms with Crippen molar-refractivity contribution < 1.29 is 9.13 Å². The zero-order chi connectivity index (χ0) is 19.7. The molecule has 1 fully saturated rings. The Morgan fingerprint density at radius 2 is 1.82 bits per heavy atom. The Hall–Kier alpha value is -1.92. The van der Waals surface area contributed by atoms with Crippen molar-refractivity contribution in [3.8, 4) is 10.8 Å². The molecule has 0 amide bonds. The second-order valence-corrected chi connectivity index (χ2v) is 8.38. The molecular formula is C22H28FN3OS. The van der Waals surface area contributed by atoms with E-state index >= 15 is 0 Å². The van der Waals surface area contributed by atoms with Gasteiger partial charge in [-0.2, -0.15) is 0 Å². The number of benzene rings is 1. The Morgan fingerprint density at radius 1 is 1.07 bits per heavy atom. The number of hydrogen-bond donors (Lipinski definition) is 0. The molecule has 5 rings (SSSR count). The fraction of sp³-hybridized carbons (Fsp3) is 0.500. The predicted octanol–water partition coefficient (Wildman–Crippen LogP) is 5.22. The number of nitrogens with zero attached hydrogens (tertiary/aromatic N) is 3. The number of hydrogen-bond acceptors (Lipinski definition) is 5. The van der Waals surface area contributed by atoms with Crippen molar-refractivity contribution in [1.82, 2.24) is 9.80 Å². The summed E-state index contributed by atoms with van der Waals surface area (Å²) in [6.45, 7) is 7.96. The highest BCUT2D eigenvalue weighted by molar-refractivity contribution is 7.14. The maximum atomic E-state index is 13.8. The van der Waals surface area contributed by atoms with Gasteiger partial charge in [0, 0.05) is 37.1 Å². The van der Waals surface area contributed by atoms with Gasteiger partial charge in [-0.1, -0.05) is 13.8 Å². The zero-order valence-electron chi connectivity index (χ0n) is 16.9. The van der Waals surface area contributed by atoms with E-state index in [0.717, 1.165) is 55.5 Å². The molecule has 0 N–H and O–H groups in total. The van der Waals surface area contributed by atoms with Gasteiger partial charge in [-0.05, 0) is 50.4 Å². The average Bonchev–Trinajstić information content (AvgIpc) is 2.99. The first-order valence-corrected chi connectivity index (χ1v) is 11.2. The van der Waals surface area contributed by atoms with Gasteiger partial charge in [0.1, 0.15) is 17.3 Å². The number of fused-ring (bicyclic) bond motifs is 4. The molecule has 0 atom stereocenters. The summed E-state index contributed by atoms with van der Waals surface area (Å²) in [6, 6.07) is 4.64. The van der Waals surface area contributed by atoms with E-state index in [9.17, 15) is 4.39 Å². The molecule has 0 unspecified atom stereocenters. The molecule has 0 bridgehead atoms. The van der Waals surface area contributed by atoms with E-state index in [1.54, 1.807) is 17.4 Å². The molecule has 28 heavy (non-hydrogen) atoms. The molecule has 1 aliphatic carbocycles. The van der Waals surface area contributed by atoms with E-state index in [-0.39, 0.29) is 5.82 Å². The lowest BCUT2D eigenvalue weighted by molar-refractivity contribution is 0.215. The topological polar surface area (TPSA) is 28.1 Å². The first-order chi connectivity index (χ1) is 13.7. The largest absolute Gasteiger partial charge is 0.443 e. The SMILES string of the molecule is CC.CN1CCN(C2=Nc3ccc(F)cc3Oc3sc4c(c32)CCCC4)CC1. The minimum Gasteiger partial charge on any atom is -0.443 e. The quantitative estimate of drug-likeness (QED) is 0.606. The number of likely N-dealkylation sites (N-methyl/N-ethyl adjacent to an activating group) is 1. The maximum absolute atomic E-state index is 13.8. The standard InChI is InChI=1S/C20H22FN3OS.C2H6/c1-23-8-10-24(11-9-23)19-18-14-4-2-3-5-17(14)26-20(18)25-16-12-13(21)6-7-15(16)22-19;1-2/h6-7,12H,2-5,8-11H2,1H3;1-2H3. The summed E-state index contributed by atoms with van der Waals surface area (Å²) < 4.78 is 20.0. The monoisotopic (exact) mass is 401 g/mol. The number of piperazine rings is 1. The number of halogens is 1. The van der Waals surface area contributed by atoms with Gasteiger partial charge in [-0.3, -0.25) is 0 Å². The van der Waals surface area contributed by atoms with Gasteiger partial charge < -0.3 is 14.5 Å². The van der Waals surface area contributed by atoms with Crippen molar-refractivity contribution in [3.05, 3.63) is 40.0 Å². The molecule has 1 aromatic heterocycles. The van der Waals surface area contributed by atoms with E-state index in [1.807, 2.05) is 13.8 Å². The number of amidine groups is 1. The molecule has 150 valence electrons. The van der Waals surface area contributed by atoms with Gasteiger partial charge in [0.05, 0.1) is 5.56 Å². The van der Waals surface area contributed by atoms with E-state index in [0.29, 0.717) is 11.4 Å². The number of thiophene rings is 1. The van der Waals surface area contributed by atoms with Crippen molar-refractivity contribution >= 4 is 22.9 Å². The number of rotatable bonds is 0. The average molecular weight is 402 g/mol. The van der Waals surface area contributed by atoms with Gasteiger partial charge >= 0.3 is 0 Å². The van der Waals surface area contributed by atoms with Gasteiger partial charge in [0.2, 0.25) is 0 Å². The molecule has 4 nitrogen and oxygen atoms in total. The predicted molar refractivity (Wildman–Crippen MR) is 114 cm³/mol. The van der Waals surface area contributed by atoms with Crippen molar-refractivity contribution in [2.24, 2.45) is 4.99 Å².